The molecule has 0 radical (unpaired) electrons. The van der Waals surface area contributed by atoms with Crippen molar-refractivity contribution < 1.29 is 14.8 Å². The molecule has 1 aliphatic rings. The van der Waals surface area contributed by atoms with Gasteiger partial charge in [0.2, 0.25) is 5.91 Å². The van der Waals surface area contributed by atoms with E-state index in [0.29, 0.717) is 18.4 Å². The van der Waals surface area contributed by atoms with E-state index in [1.54, 1.807) is 7.05 Å². The first-order chi connectivity index (χ1) is 5.11. The van der Waals surface area contributed by atoms with Crippen molar-refractivity contribution in [2.24, 2.45) is 0 Å². The Labute approximate surface area is 65.3 Å². The molecule has 0 atom stereocenters. The molecule has 5 heteroatoms. The molecule has 2 N–H and O–H groups in total. The minimum absolute atomic E-state index is 0.167. The Kier molecular flexibility index (Phi) is 2.31. The molecule has 11 heavy (non-hydrogen) atoms. The van der Waals surface area contributed by atoms with E-state index in [-0.39, 0.29) is 5.91 Å². The van der Waals surface area contributed by atoms with Crippen molar-refractivity contribution >= 4 is 13.0 Å². The van der Waals surface area contributed by atoms with Gasteiger partial charge in [0.15, 0.2) is 0 Å². The molecular weight excluding hydrogens is 145 g/mol. The van der Waals surface area contributed by atoms with Crippen molar-refractivity contribution in [1.82, 2.24) is 4.90 Å². The second-order valence-electron chi connectivity index (χ2n) is 2.60. The van der Waals surface area contributed by atoms with Gasteiger partial charge in [-0.15, -0.1) is 0 Å². The number of carbonyl (C=O) groups is 1. The third-order valence-electron chi connectivity index (χ3n) is 1.75. The molecule has 0 saturated carbocycles. The highest BCUT2D eigenvalue weighted by Crippen LogP contribution is 2.10. The molecule has 1 heterocycles. The van der Waals surface area contributed by atoms with Gasteiger partial charge in [0.25, 0.3) is 0 Å². The largest absolute Gasteiger partial charge is 0.484 e. The number of likely N-dealkylation sites (N-methyl/N-ethyl adjacent to an activating group) is 1. The van der Waals surface area contributed by atoms with Gasteiger partial charge < -0.3 is 14.9 Å². The van der Waals surface area contributed by atoms with Crippen LogP contribution < -0.4 is 0 Å². The van der Waals surface area contributed by atoms with Crippen LogP contribution in [0.1, 0.15) is 6.42 Å². The topological polar surface area (TPSA) is 60.8 Å². The van der Waals surface area contributed by atoms with Gasteiger partial charge in [-0.1, -0.05) is 0 Å². The van der Waals surface area contributed by atoms with Crippen LogP contribution in [0.4, 0.5) is 0 Å². The molecule has 1 amide bonds. The summed E-state index contributed by atoms with van der Waals surface area (Å²) in [7, 11) is 0.201. The van der Waals surface area contributed by atoms with Crippen molar-refractivity contribution in [2.75, 3.05) is 13.6 Å². The van der Waals surface area contributed by atoms with Gasteiger partial charge in [0, 0.05) is 13.6 Å². The molecule has 0 aliphatic carbocycles. The van der Waals surface area contributed by atoms with Crippen LogP contribution in [0.5, 0.6) is 0 Å². The van der Waals surface area contributed by atoms with E-state index in [0.717, 1.165) is 0 Å². The predicted molar refractivity (Wildman–Crippen MR) is 40.5 cm³/mol. The second kappa shape index (κ2) is 3.06. The van der Waals surface area contributed by atoms with E-state index in [4.69, 9.17) is 10.0 Å². The summed E-state index contributed by atoms with van der Waals surface area (Å²) in [5.41, 5.74) is 0.396. The predicted octanol–water partition coefficient (Wildman–Crippen LogP) is -1.21. The maximum absolute atomic E-state index is 10.9. The zero-order valence-electron chi connectivity index (χ0n) is 6.32. The SMILES string of the molecule is CN1CCC(B(O)O)=CC1=O. The van der Waals surface area contributed by atoms with Crippen LogP contribution in [-0.4, -0.2) is 41.6 Å². The minimum Gasteiger partial charge on any atom is -0.423 e. The molecule has 0 aromatic rings. The Balaban J connectivity index is 2.71. The monoisotopic (exact) mass is 155 g/mol. The lowest BCUT2D eigenvalue weighted by molar-refractivity contribution is -0.125. The first kappa shape index (κ1) is 8.29. The molecule has 0 spiro atoms. The highest BCUT2D eigenvalue weighted by atomic mass is 16.4. The molecule has 0 unspecified atom stereocenters. The number of nitrogens with zero attached hydrogens (tertiary/aromatic N) is 1. The first-order valence-electron chi connectivity index (χ1n) is 3.43. The van der Waals surface area contributed by atoms with Gasteiger partial charge in [-0.3, -0.25) is 4.79 Å². The summed E-state index contributed by atoms with van der Waals surface area (Å²) in [4.78, 5) is 12.5. The zero-order valence-corrected chi connectivity index (χ0v) is 6.32. The van der Waals surface area contributed by atoms with Gasteiger partial charge >= 0.3 is 7.12 Å². The van der Waals surface area contributed by atoms with Gasteiger partial charge in [0.05, 0.1) is 0 Å². The van der Waals surface area contributed by atoms with Gasteiger partial charge in [-0.25, -0.2) is 0 Å². The van der Waals surface area contributed by atoms with Crippen molar-refractivity contribution in [2.45, 2.75) is 6.42 Å². The molecule has 0 aromatic carbocycles. The highest BCUT2D eigenvalue weighted by Gasteiger charge is 2.21. The number of rotatable bonds is 1. The fourth-order valence-electron chi connectivity index (χ4n) is 0.952. The third-order valence-corrected chi connectivity index (χ3v) is 1.75. The Morgan fingerprint density at radius 2 is 2.27 bits per heavy atom. The van der Waals surface area contributed by atoms with Gasteiger partial charge in [-0.05, 0) is 18.0 Å². The molecule has 0 fully saturated rings. The quantitative estimate of drug-likeness (QED) is 0.467. The molecule has 1 aliphatic heterocycles. The summed E-state index contributed by atoms with van der Waals surface area (Å²) in [6.45, 7) is 0.558. The highest BCUT2D eigenvalue weighted by molar-refractivity contribution is 6.51. The summed E-state index contributed by atoms with van der Waals surface area (Å²) >= 11 is 0. The number of carbonyl (C=O) groups excluding carboxylic acids is 1. The van der Waals surface area contributed by atoms with Crippen LogP contribution in [0.15, 0.2) is 11.5 Å². The van der Waals surface area contributed by atoms with E-state index < -0.39 is 7.12 Å². The first-order valence-corrected chi connectivity index (χ1v) is 3.43. The van der Waals surface area contributed by atoms with Crippen molar-refractivity contribution in [3.05, 3.63) is 11.5 Å². The second-order valence-corrected chi connectivity index (χ2v) is 2.60. The van der Waals surface area contributed by atoms with Gasteiger partial charge in [-0.2, -0.15) is 0 Å². The van der Waals surface area contributed by atoms with Crippen LogP contribution in [0, 0.1) is 0 Å². The maximum Gasteiger partial charge on any atom is 0.484 e. The Morgan fingerprint density at radius 1 is 1.64 bits per heavy atom. The lowest BCUT2D eigenvalue weighted by Crippen LogP contribution is -2.33. The van der Waals surface area contributed by atoms with E-state index >= 15 is 0 Å². The van der Waals surface area contributed by atoms with Crippen LogP contribution >= 0.6 is 0 Å². The lowest BCUT2D eigenvalue weighted by Gasteiger charge is -2.21. The Bertz CT molecular complexity index is 202. The van der Waals surface area contributed by atoms with E-state index in [2.05, 4.69) is 0 Å². The van der Waals surface area contributed by atoms with Crippen LogP contribution in [-0.2, 0) is 4.79 Å². The number of hydrogen-bond donors (Lipinski definition) is 2. The van der Waals surface area contributed by atoms with Crippen molar-refractivity contribution in [3.63, 3.8) is 0 Å². The minimum atomic E-state index is -1.48. The van der Waals surface area contributed by atoms with E-state index in [1.807, 2.05) is 0 Å². The summed E-state index contributed by atoms with van der Waals surface area (Å²) in [6, 6.07) is 0. The summed E-state index contributed by atoms with van der Waals surface area (Å²) in [5, 5.41) is 17.4. The summed E-state index contributed by atoms with van der Waals surface area (Å²) in [6.07, 6.45) is 1.81. The van der Waals surface area contributed by atoms with Crippen LogP contribution in [0.3, 0.4) is 0 Å². The molecule has 0 bridgehead atoms. The average Bonchev–Trinajstić information content (AvgIpc) is 1.94. The van der Waals surface area contributed by atoms with Crippen LogP contribution in [0.2, 0.25) is 0 Å². The standard InChI is InChI=1S/C6H10BNO3/c1-8-3-2-5(7(10)11)4-6(8)9/h4,10-11H,2-3H2,1H3. The molecule has 1 rings (SSSR count). The van der Waals surface area contributed by atoms with E-state index in [1.165, 1.54) is 11.0 Å². The molecule has 60 valence electrons. The molecule has 0 saturated heterocycles. The van der Waals surface area contributed by atoms with Gasteiger partial charge in [0.1, 0.15) is 0 Å². The van der Waals surface area contributed by atoms with Crippen molar-refractivity contribution in [3.8, 4) is 0 Å². The fourth-order valence-corrected chi connectivity index (χ4v) is 0.952. The molecular formula is C6H10BNO3. The number of amides is 1. The Hall–Kier alpha value is -0.805. The molecule has 4 nitrogen and oxygen atoms in total. The third kappa shape index (κ3) is 1.81. The summed E-state index contributed by atoms with van der Waals surface area (Å²) in [5.74, 6) is -0.167. The smallest absolute Gasteiger partial charge is 0.423 e. The fraction of sp³-hybridized carbons (Fsp3) is 0.500. The lowest BCUT2D eigenvalue weighted by atomic mass is 9.76. The summed E-state index contributed by atoms with van der Waals surface area (Å²) < 4.78 is 0. The van der Waals surface area contributed by atoms with E-state index in [9.17, 15) is 4.79 Å². The molecule has 0 aromatic heterocycles. The van der Waals surface area contributed by atoms with Crippen molar-refractivity contribution in [1.29, 1.82) is 0 Å². The zero-order chi connectivity index (χ0) is 8.43. The number of hydrogen-bond acceptors (Lipinski definition) is 3. The average molecular weight is 155 g/mol. The van der Waals surface area contributed by atoms with Crippen LogP contribution in [0.25, 0.3) is 0 Å². The Morgan fingerprint density at radius 3 is 2.73 bits per heavy atom. The normalized spacial score (nSPS) is 18.3. The maximum atomic E-state index is 10.9.